The van der Waals surface area contributed by atoms with E-state index in [-0.39, 0.29) is 12.5 Å². The Bertz CT molecular complexity index is 383. The van der Waals surface area contributed by atoms with E-state index in [1.165, 1.54) is 0 Å². The molecule has 4 nitrogen and oxygen atoms in total. The van der Waals surface area contributed by atoms with Crippen LogP contribution in [0.3, 0.4) is 0 Å². The molecular weight excluding hydrogens is 240 g/mol. The average molecular weight is 257 g/mol. The number of rotatable bonds is 6. The number of ether oxygens (including phenoxy) is 1. The first-order chi connectivity index (χ1) is 8.19. The van der Waals surface area contributed by atoms with Crippen LogP contribution in [0.4, 0.5) is 0 Å². The van der Waals surface area contributed by atoms with E-state index in [9.17, 15) is 4.79 Å². The molecule has 0 aliphatic rings. The number of benzene rings is 1. The monoisotopic (exact) mass is 256 g/mol. The van der Waals surface area contributed by atoms with Crippen LogP contribution in [0, 0.1) is 0 Å². The molecule has 5 heteroatoms. The molecule has 0 heterocycles. The lowest BCUT2D eigenvalue weighted by molar-refractivity contribution is -0.122. The summed E-state index contributed by atoms with van der Waals surface area (Å²) in [6.07, 6.45) is 0. The number of carbonyl (C=O) groups is 1. The summed E-state index contributed by atoms with van der Waals surface area (Å²) >= 11 is 6.06. The van der Waals surface area contributed by atoms with Gasteiger partial charge in [-0.05, 0) is 26.1 Å². The zero-order valence-corrected chi connectivity index (χ0v) is 10.8. The van der Waals surface area contributed by atoms with Crippen molar-refractivity contribution < 1.29 is 9.53 Å². The molecule has 17 heavy (non-hydrogen) atoms. The van der Waals surface area contributed by atoms with Crippen LogP contribution >= 0.6 is 11.6 Å². The van der Waals surface area contributed by atoms with Crippen molar-refractivity contribution in [2.75, 3.05) is 20.2 Å². The van der Waals surface area contributed by atoms with Gasteiger partial charge in [0.25, 0.3) is 5.91 Å². The molecule has 0 saturated heterocycles. The summed E-state index contributed by atoms with van der Waals surface area (Å²) in [7, 11) is 1.83. The first-order valence-corrected chi connectivity index (χ1v) is 5.88. The second-order valence-corrected chi connectivity index (χ2v) is 3.90. The Morgan fingerprint density at radius 3 is 2.88 bits per heavy atom. The van der Waals surface area contributed by atoms with Crippen molar-refractivity contribution in [3.63, 3.8) is 0 Å². The fourth-order valence-corrected chi connectivity index (χ4v) is 1.65. The van der Waals surface area contributed by atoms with Crippen LogP contribution in [0.2, 0.25) is 5.02 Å². The van der Waals surface area contributed by atoms with Gasteiger partial charge in [0.05, 0.1) is 0 Å². The second-order valence-electron chi connectivity index (χ2n) is 3.49. The topological polar surface area (TPSA) is 50.4 Å². The first-order valence-electron chi connectivity index (χ1n) is 5.50. The van der Waals surface area contributed by atoms with Gasteiger partial charge in [-0.15, -0.1) is 0 Å². The second kappa shape index (κ2) is 7.14. The van der Waals surface area contributed by atoms with Crippen molar-refractivity contribution in [2.24, 2.45) is 0 Å². The predicted molar refractivity (Wildman–Crippen MR) is 68.4 cm³/mol. The summed E-state index contributed by atoms with van der Waals surface area (Å²) in [6, 6.07) is 5.40. The third-order valence-electron chi connectivity index (χ3n) is 2.16. The van der Waals surface area contributed by atoms with Gasteiger partial charge in [-0.1, -0.05) is 17.7 Å². The summed E-state index contributed by atoms with van der Waals surface area (Å²) in [5, 5.41) is 6.31. The maximum Gasteiger partial charge on any atom is 0.257 e. The van der Waals surface area contributed by atoms with Gasteiger partial charge >= 0.3 is 0 Å². The van der Waals surface area contributed by atoms with Gasteiger partial charge < -0.3 is 15.4 Å². The van der Waals surface area contributed by atoms with Crippen molar-refractivity contribution >= 4 is 17.5 Å². The maximum absolute atomic E-state index is 11.3. The van der Waals surface area contributed by atoms with Crippen LogP contribution in [0.25, 0.3) is 0 Å². The highest BCUT2D eigenvalue weighted by Crippen LogP contribution is 2.26. The number of hydrogen-bond acceptors (Lipinski definition) is 3. The highest BCUT2D eigenvalue weighted by Gasteiger charge is 2.08. The molecule has 0 radical (unpaired) electrons. The smallest absolute Gasteiger partial charge is 0.257 e. The number of halogens is 1. The van der Waals surface area contributed by atoms with Crippen LogP contribution in [-0.4, -0.2) is 26.1 Å². The molecule has 1 rings (SSSR count). The van der Waals surface area contributed by atoms with E-state index in [4.69, 9.17) is 16.3 Å². The van der Waals surface area contributed by atoms with Crippen LogP contribution in [-0.2, 0) is 11.3 Å². The van der Waals surface area contributed by atoms with Crippen LogP contribution in [0.5, 0.6) is 5.75 Å². The largest absolute Gasteiger partial charge is 0.483 e. The van der Waals surface area contributed by atoms with Crippen molar-refractivity contribution in [3.05, 3.63) is 28.8 Å². The van der Waals surface area contributed by atoms with E-state index in [2.05, 4.69) is 10.6 Å². The highest BCUT2D eigenvalue weighted by atomic mass is 35.5. The fraction of sp³-hybridized carbons (Fsp3) is 0.417. The van der Waals surface area contributed by atoms with E-state index in [1.807, 2.05) is 14.0 Å². The van der Waals surface area contributed by atoms with Crippen LogP contribution in [0.15, 0.2) is 18.2 Å². The molecule has 0 fully saturated rings. The summed E-state index contributed by atoms with van der Waals surface area (Å²) in [4.78, 5) is 11.3. The lowest BCUT2D eigenvalue weighted by Gasteiger charge is -2.12. The van der Waals surface area contributed by atoms with Crippen LogP contribution in [0.1, 0.15) is 12.5 Å². The third-order valence-corrected chi connectivity index (χ3v) is 2.52. The van der Waals surface area contributed by atoms with E-state index in [0.29, 0.717) is 23.9 Å². The predicted octanol–water partition coefficient (Wildman–Crippen LogP) is 1.57. The van der Waals surface area contributed by atoms with E-state index < -0.39 is 0 Å². The molecule has 0 bridgehead atoms. The number of amides is 1. The lowest BCUT2D eigenvalue weighted by Crippen LogP contribution is -2.28. The minimum atomic E-state index is -0.136. The summed E-state index contributed by atoms with van der Waals surface area (Å²) in [5.41, 5.74) is 0.862. The minimum Gasteiger partial charge on any atom is -0.483 e. The summed E-state index contributed by atoms with van der Waals surface area (Å²) < 4.78 is 5.45. The number of nitrogens with one attached hydrogen (secondary N) is 2. The van der Waals surface area contributed by atoms with Gasteiger partial charge in [-0.2, -0.15) is 0 Å². The van der Waals surface area contributed by atoms with Gasteiger partial charge in [-0.3, -0.25) is 4.79 Å². The molecule has 0 aliphatic heterocycles. The first kappa shape index (κ1) is 13.8. The molecule has 1 aromatic carbocycles. The standard InChI is InChI=1S/C12H17ClN2O2/c1-3-15-12(16)8-17-11-6-4-5-10(13)9(11)7-14-2/h4-6,14H,3,7-8H2,1-2H3,(H,15,16). The zero-order valence-electron chi connectivity index (χ0n) is 10.0. The van der Waals surface area contributed by atoms with Gasteiger partial charge in [0.15, 0.2) is 6.61 Å². The van der Waals surface area contributed by atoms with Crippen molar-refractivity contribution in [2.45, 2.75) is 13.5 Å². The molecule has 94 valence electrons. The van der Waals surface area contributed by atoms with E-state index in [1.54, 1.807) is 18.2 Å². The Balaban J connectivity index is 2.69. The number of carbonyl (C=O) groups excluding carboxylic acids is 1. The molecule has 1 amide bonds. The lowest BCUT2D eigenvalue weighted by atomic mass is 10.2. The molecule has 0 aliphatic carbocycles. The Hall–Kier alpha value is -1.26. The van der Waals surface area contributed by atoms with Gasteiger partial charge in [0.2, 0.25) is 0 Å². The quantitative estimate of drug-likeness (QED) is 0.813. The number of hydrogen-bond donors (Lipinski definition) is 2. The fourth-order valence-electron chi connectivity index (χ4n) is 1.41. The molecule has 2 N–H and O–H groups in total. The van der Waals surface area contributed by atoms with Crippen molar-refractivity contribution in [1.29, 1.82) is 0 Å². The van der Waals surface area contributed by atoms with Gasteiger partial charge in [-0.25, -0.2) is 0 Å². The molecule has 1 aromatic rings. The maximum atomic E-state index is 11.3. The summed E-state index contributed by atoms with van der Waals surface area (Å²) in [5.74, 6) is 0.501. The summed E-state index contributed by atoms with van der Waals surface area (Å²) in [6.45, 7) is 3.07. The molecule has 0 atom stereocenters. The molecular formula is C12H17ClN2O2. The normalized spacial score (nSPS) is 10.1. The van der Waals surface area contributed by atoms with Crippen LogP contribution < -0.4 is 15.4 Å². The van der Waals surface area contributed by atoms with Gasteiger partial charge in [0, 0.05) is 23.7 Å². The van der Waals surface area contributed by atoms with Crippen molar-refractivity contribution in [3.8, 4) is 5.75 Å². The molecule has 0 spiro atoms. The Kier molecular flexibility index (Phi) is 5.80. The Morgan fingerprint density at radius 1 is 1.47 bits per heavy atom. The SMILES string of the molecule is CCNC(=O)COc1cccc(Cl)c1CNC. The van der Waals surface area contributed by atoms with Crippen molar-refractivity contribution in [1.82, 2.24) is 10.6 Å². The zero-order chi connectivity index (χ0) is 12.7. The average Bonchev–Trinajstić information content (AvgIpc) is 2.30. The Morgan fingerprint density at radius 2 is 2.24 bits per heavy atom. The highest BCUT2D eigenvalue weighted by molar-refractivity contribution is 6.31. The van der Waals surface area contributed by atoms with E-state index in [0.717, 1.165) is 5.56 Å². The minimum absolute atomic E-state index is 0.00486. The van der Waals surface area contributed by atoms with E-state index >= 15 is 0 Å². The molecule has 0 aromatic heterocycles. The van der Waals surface area contributed by atoms with Gasteiger partial charge in [0.1, 0.15) is 5.75 Å². The Labute approximate surface area is 106 Å². The number of likely N-dealkylation sites (N-methyl/N-ethyl adjacent to an activating group) is 1. The molecule has 0 unspecified atom stereocenters. The third kappa shape index (κ3) is 4.24. The molecule has 0 saturated carbocycles.